The van der Waals surface area contributed by atoms with Crippen LogP contribution in [0.25, 0.3) is 0 Å². The van der Waals surface area contributed by atoms with Gasteiger partial charge >= 0.3 is 0 Å². The van der Waals surface area contributed by atoms with Crippen molar-refractivity contribution in [2.24, 2.45) is 0 Å². The Bertz CT molecular complexity index is 396. The van der Waals surface area contributed by atoms with Crippen LogP contribution in [0.5, 0.6) is 0 Å². The summed E-state index contributed by atoms with van der Waals surface area (Å²) in [5.41, 5.74) is 1.27. The molecule has 1 fully saturated rings. The summed E-state index contributed by atoms with van der Waals surface area (Å²) in [6, 6.07) is 8.30. The van der Waals surface area contributed by atoms with Crippen molar-refractivity contribution in [1.82, 2.24) is 5.32 Å². The van der Waals surface area contributed by atoms with Gasteiger partial charge in [0.15, 0.2) is 0 Å². The number of aliphatic hydroxyl groups is 1. The van der Waals surface area contributed by atoms with Crippen molar-refractivity contribution in [3.8, 4) is 0 Å². The molecule has 2 rings (SSSR count). The summed E-state index contributed by atoms with van der Waals surface area (Å²) in [4.78, 5) is 0. The lowest BCUT2D eigenvalue weighted by atomic mass is 9.76. The number of alkyl halides is 2. The van der Waals surface area contributed by atoms with Crippen LogP contribution in [-0.4, -0.2) is 30.2 Å². The van der Waals surface area contributed by atoms with Gasteiger partial charge in [0.25, 0.3) is 6.43 Å². The lowest BCUT2D eigenvalue weighted by Crippen LogP contribution is -2.44. The Kier molecular flexibility index (Phi) is 4.70. The van der Waals surface area contributed by atoms with Gasteiger partial charge < -0.3 is 10.4 Å². The van der Waals surface area contributed by atoms with E-state index >= 15 is 0 Å². The quantitative estimate of drug-likeness (QED) is 0.874. The summed E-state index contributed by atoms with van der Waals surface area (Å²) >= 11 is 3.51. The van der Waals surface area contributed by atoms with Crippen LogP contribution in [0.4, 0.5) is 8.78 Å². The largest absolute Gasteiger partial charge is 0.386 e. The van der Waals surface area contributed by atoms with Gasteiger partial charge in [-0.25, -0.2) is 8.78 Å². The molecule has 0 saturated heterocycles. The van der Waals surface area contributed by atoms with Crippen molar-refractivity contribution < 1.29 is 13.9 Å². The molecule has 1 atom stereocenters. The number of halogens is 3. The Hall–Kier alpha value is -0.520. The molecule has 2 nitrogen and oxygen atoms in total. The van der Waals surface area contributed by atoms with Crippen molar-refractivity contribution in [2.45, 2.75) is 37.3 Å². The third-order valence-electron chi connectivity index (χ3n) is 3.39. The number of rotatable bonds is 5. The summed E-state index contributed by atoms with van der Waals surface area (Å²) < 4.78 is 25.3. The highest BCUT2D eigenvalue weighted by atomic mass is 79.9. The molecule has 18 heavy (non-hydrogen) atoms. The minimum Gasteiger partial charge on any atom is -0.386 e. The zero-order chi connectivity index (χ0) is 13.1. The first-order valence-corrected chi connectivity index (χ1v) is 6.81. The molecule has 0 spiro atoms. The van der Waals surface area contributed by atoms with Gasteiger partial charge in [-0.1, -0.05) is 34.1 Å². The fourth-order valence-corrected chi connectivity index (χ4v) is 2.83. The second-order valence-electron chi connectivity index (χ2n) is 4.70. The number of hydrogen-bond donors (Lipinski definition) is 2. The first kappa shape index (κ1) is 13.9. The van der Waals surface area contributed by atoms with Crippen molar-refractivity contribution in [3.05, 3.63) is 34.3 Å². The van der Waals surface area contributed by atoms with E-state index in [2.05, 4.69) is 27.3 Å². The van der Waals surface area contributed by atoms with E-state index in [0.717, 1.165) is 17.3 Å². The molecule has 2 N–H and O–H groups in total. The van der Waals surface area contributed by atoms with Gasteiger partial charge in [0, 0.05) is 17.1 Å². The highest BCUT2D eigenvalue weighted by Gasteiger charge is 2.31. The molecule has 0 aliphatic heterocycles. The van der Waals surface area contributed by atoms with Gasteiger partial charge in [-0.05, 0) is 30.4 Å². The third-order valence-corrected chi connectivity index (χ3v) is 4.11. The number of hydrogen-bond acceptors (Lipinski definition) is 2. The van der Waals surface area contributed by atoms with Crippen molar-refractivity contribution in [1.29, 1.82) is 0 Å². The summed E-state index contributed by atoms with van der Waals surface area (Å²) in [5, 5.41) is 12.0. The molecule has 0 amide bonds. The molecule has 1 aliphatic rings. The maximum Gasteiger partial charge on any atom is 0.265 e. The number of benzene rings is 1. The SMILES string of the molecule is OC(CNC1CC(c2ccccc2Br)C1)C(F)F. The smallest absolute Gasteiger partial charge is 0.265 e. The maximum atomic E-state index is 12.1. The van der Waals surface area contributed by atoms with Crippen LogP contribution in [0.2, 0.25) is 0 Å². The third kappa shape index (κ3) is 3.28. The minimum atomic E-state index is -2.67. The number of aliphatic hydroxyl groups excluding tert-OH is 1. The van der Waals surface area contributed by atoms with Gasteiger partial charge in [0.1, 0.15) is 6.10 Å². The molecule has 0 heterocycles. The summed E-state index contributed by atoms with van der Waals surface area (Å²) in [6.07, 6.45) is -2.37. The molecule has 1 unspecified atom stereocenters. The van der Waals surface area contributed by atoms with Gasteiger partial charge in [-0.3, -0.25) is 0 Å². The zero-order valence-corrected chi connectivity index (χ0v) is 11.4. The highest BCUT2D eigenvalue weighted by molar-refractivity contribution is 9.10. The monoisotopic (exact) mass is 319 g/mol. The first-order valence-electron chi connectivity index (χ1n) is 6.02. The van der Waals surface area contributed by atoms with Crippen LogP contribution in [0.15, 0.2) is 28.7 Å². The van der Waals surface area contributed by atoms with Crippen LogP contribution < -0.4 is 5.32 Å². The maximum absolute atomic E-state index is 12.1. The topological polar surface area (TPSA) is 32.3 Å². The fraction of sp³-hybridized carbons (Fsp3) is 0.538. The van der Waals surface area contributed by atoms with E-state index in [1.807, 2.05) is 18.2 Å². The van der Waals surface area contributed by atoms with Crippen LogP contribution >= 0.6 is 15.9 Å². The second kappa shape index (κ2) is 6.08. The molecule has 1 aliphatic carbocycles. The molecule has 0 bridgehead atoms. The van der Waals surface area contributed by atoms with E-state index in [1.165, 1.54) is 5.56 Å². The second-order valence-corrected chi connectivity index (χ2v) is 5.55. The summed E-state index contributed by atoms with van der Waals surface area (Å²) in [6.45, 7) is -0.0367. The molecule has 1 aromatic carbocycles. The average Bonchev–Trinajstić information content (AvgIpc) is 2.28. The predicted molar refractivity (Wildman–Crippen MR) is 69.9 cm³/mol. The summed E-state index contributed by atoms with van der Waals surface area (Å²) in [5.74, 6) is 0.474. The minimum absolute atomic E-state index is 0.0367. The average molecular weight is 320 g/mol. The molecule has 1 aromatic rings. The van der Waals surface area contributed by atoms with Crippen LogP contribution in [-0.2, 0) is 0 Å². The first-order chi connectivity index (χ1) is 8.58. The molecular formula is C13H16BrF2NO. The van der Waals surface area contributed by atoms with Crippen molar-refractivity contribution in [2.75, 3.05) is 6.54 Å². The van der Waals surface area contributed by atoms with E-state index in [9.17, 15) is 8.78 Å². The molecule has 1 saturated carbocycles. The molecule has 0 radical (unpaired) electrons. The lowest BCUT2D eigenvalue weighted by Gasteiger charge is -2.37. The molecule has 100 valence electrons. The van der Waals surface area contributed by atoms with Crippen molar-refractivity contribution >= 4 is 15.9 Å². The lowest BCUT2D eigenvalue weighted by molar-refractivity contribution is -0.00634. The van der Waals surface area contributed by atoms with E-state index in [1.54, 1.807) is 0 Å². The Morgan fingerprint density at radius 1 is 1.33 bits per heavy atom. The normalized spacial score (nSPS) is 24.9. The van der Waals surface area contributed by atoms with E-state index in [-0.39, 0.29) is 12.6 Å². The molecule has 5 heteroatoms. The predicted octanol–water partition coefficient (Wildman–Crippen LogP) is 2.91. The van der Waals surface area contributed by atoms with Gasteiger partial charge in [0.2, 0.25) is 0 Å². The fourth-order valence-electron chi connectivity index (χ4n) is 2.22. The Morgan fingerprint density at radius 2 is 2.00 bits per heavy atom. The van der Waals surface area contributed by atoms with Gasteiger partial charge in [0.05, 0.1) is 0 Å². The van der Waals surface area contributed by atoms with Gasteiger partial charge in [-0.2, -0.15) is 0 Å². The van der Waals surface area contributed by atoms with Crippen molar-refractivity contribution in [3.63, 3.8) is 0 Å². The molecule has 0 aromatic heterocycles. The van der Waals surface area contributed by atoms with Crippen LogP contribution in [0, 0.1) is 0 Å². The van der Waals surface area contributed by atoms with Crippen LogP contribution in [0.3, 0.4) is 0 Å². The standard InChI is InChI=1S/C13H16BrF2NO/c14-11-4-2-1-3-10(11)8-5-9(6-8)17-7-12(18)13(15)16/h1-4,8-9,12-13,17-18H,5-7H2. The van der Waals surface area contributed by atoms with E-state index in [4.69, 9.17) is 5.11 Å². The van der Waals surface area contributed by atoms with E-state index in [0.29, 0.717) is 5.92 Å². The highest BCUT2D eigenvalue weighted by Crippen LogP contribution is 2.39. The van der Waals surface area contributed by atoms with Gasteiger partial charge in [-0.15, -0.1) is 0 Å². The number of nitrogens with one attached hydrogen (secondary N) is 1. The Morgan fingerprint density at radius 3 is 2.61 bits per heavy atom. The van der Waals surface area contributed by atoms with E-state index < -0.39 is 12.5 Å². The zero-order valence-electron chi connectivity index (χ0n) is 9.82. The molecular weight excluding hydrogens is 304 g/mol. The van der Waals surface area contributed by atoms with Crippen LogP contribution in [0.1, 0.15) is 24.3 Å². The Balaban J connectivity index is 1.76. The Labute approximate surface area is 114 Å². The summed E-state index contributed by atoms with van der Waals surface area (Å²) in [7, 11) is 0.